The number of aliphatic carboxylic acids is 1. The maximum Gasteiger partial charge on any atom is 0.312 e. The van der Waals surface area contributed by atoms with Crippen LogP contribution in [0.4, 0.5) is 0 Å². The van der Waals surface area contributed by atoms with Crippen LogP contribution in [0.15, 0.2) is 12.2 Å². The maximum absolute atomic E-state index is 10.8. The third kappa shape index (κ3) is 0.878. The Balaban J connectivity index is 2.28. The van der Waals surface area contributed by atoms with Crippen molar-refractivity contribution in [2.75, 3.05) is 6.61 Å². The van der Waals surface area contributed by atoms with Crippen LogP contribution in [0, 0.1) is 5.41 Å². The average Bonchev–Trinajstić information content (AvgIpc) is 2.29. The van der Waals surface area contributed by atoms with Gasteiger partial charge in [0, 0.05) is 0 Å². The molecule has 1 saturated heterocycles. The number of hydrogen-bond acceptors (Lipinski definition) is 2. The fraction of sp³-hybridized carbons (Fsp3) is 0.625. The van der Waals surface area contributed by atoms with Gasteiger partial charge in [0.05, 0.1) is 18.1 Å². The highest BCUT2D eigenvalue weighted by atomic mass is 16.5. The van der Waals surface area contributed by atoms with Gasteiger partial charge in [0.1, 0.15) is 0 Å². The zero-order chi connectivity index (χ0) is 7.90. The summed E-state index contributed by atoms with van der Waals surface area (Å²) in [6, 6.07) is 0. The number of hydrogen-bond donors (Lipinski definition) is 1. The van der Waals surface area contributed by atoms with Crippen LogP contribution in [0.25, 0.3) is 0 Å². The second-order valence-corrected chi connectivity index (χ2v) is 3.27. The average molecular weight is 154 g/mol. The van der Waals surface area contributed by atoms with Crippen molar-refractivity contribution in [3.63, 3.8) is 0 Å². The Morgan fingerprint density at radius 2 is 2.55 bits per heavy atom. The molecule has 0 aromatic carbocycles. The van der Waals surface area contributed by atoms with Crippen molar-refractivity contribution in [2.45, 2.75) is 18.9 Å². The summed E-state index contributed by atoms with van der Waals surface area (Å²) in [4.78, 5) is 10.8. The molecule has 0 amide bonds. The number of allylic oxidation sites excluding steroid dienone is 1. The molecule has 2 unspecified atom stereocenters. The Kier molecular flexibility index (Phi) is 1.29. The van der Waals surface area contributed by atoms with Crippen LogP contribution in [0.3, 0.4) is 0 Å². The highest BCUT2D eigenvalue weighted by molar-refractivity contribution is 5.76. The molecule has 2 rings (SSSR count). The van der Waals surface area contributed by atoms with E-state index in [0.717, 1.165) is 0 Å². The summed E-state index contributed by atoms with van der Waals surface area (Å²) >= 11 is 0. The third-order valence-corrected chi connectivity index (χ3v) is 2.48. The molecule has 0 radical (unpaired) electrons. The summed E-state index contributed by atoms with van der Waals surface area (Å²) in [7, 11) is 0. The smallest absolute Gasteiger partial charge is 0.312 e. The van der Waals surface area contributed by atoms with Gasteiger partial charge in [-0.05, 0) is 12.8 Å². The first-order chi connectivity index (χ1) is 5.23. The van der Waals surface area contributed by atoms with Gasteiger partial charge in [0.15, 0.2) is 0 Å². The number of carbonyl (C=O) groups is 1. The van der Waals surface area contributed by atoms with E-state index in [1.165, 1.54) is 0 Å². The van der Waals surface area contributed by atoms with Gasteiger partial charge in [-0.1, -0.05) is 12.2 Å². The van der Waals surface area contributed by atoms with Gasteiger partial charge in [0.2, 0.25) is 0 Å². The number of ether oxygens (including phenoxy) is 1. The number of carboxylic acid groups (broad SMARTS) is 1. The molecule has 2 atom stereocenters. The summed E-state index contributed by atoms with van der Waals surface area (Å²) in [5, 5.41) is 8.90. The normalized spacial score (nSPS) is 40.9. The van der Waals surface area contributed by atoms with E-state index in [-0.39, 0.29) is 6.10 Å². The van der Waals surface area contributed by atoms with Crippen LogP contribution in [0.2, 0.25) is 0 Å². The fourth-order valence-electron chi connectivity index (χ4n) is 1.72. The molecule has 2 aliphatic rings. The van der Waals surface area contributed by atoms with Crippen molar-refractivity contribution < 1.29 is 14.6 Å². The predicted octanol–water partition coefficient (Wildman–Crippen LogP) is 0.806. The molecule has 11 heavy (non-hydrogen) atoms. The van der Waals surface area contributed by atoms with Crippen molar-refractivity contribution in [2.24, 2.45) is 5.41 Å². The Morgan fingerprint density at radius 1 is 1.73 bits per heavy atom. The van der Waals surface area contributed by atoms with Crippen LogP contribution < -0.4 is 0 Å². The molecule has 0 aromatic heterocycles. The second kappa shape index (κ2) is 2.08. The highest BCUT2D eigenvalue weighted by Crippen LogP contribution is 2.40. The molecule has 0 saturated carbocycles. The topological polar surface area (TPSA) is 46.5 Å². The first-order valence-electron chi connectivity index (χ1n) is 3.75. The number of rotatable bonds is 1. The molecule has 1 fully saturated rings. The van der Waals surface area contributed by atoms with Crippen molar-refractivity contribution in [3.8, 4) is 0 Å². The molecule has 1 aliphatic heterocycles. The first kappa shape index (κ1) is 6.85. The summed E-state index contributed by atoms with van der Waals surface area (Å²) in [5.41, 5.74) is -0.598. The number of carboxylic acids is 1. The van der Waals surface area contributed by atoms with E-state index in [4.69, 9.17) is 9.84 Å². The van der Waals surface area contributed by atoms with Crippen LogP contribution in [0.1, 0.15) is 12.8 Å². The van der Waals surface area contributed by atoms with Gasteiger partial charge >= 0.3 is 5.97 Å². The van der Waals surface area contributed by atoms with E-state index in [1.807, 2.05) is 12.2 Å². The Morgan fingerprint density at radius 3 is 3.18 bits per heavy atom. The molecule has 1 aliphatic carbocycles. The minimum absolute atomic E-state index is 0.0554. The molecule has 60 valence electrons. The molecule has 2 bridgehead atoms. The largest absolute Gasteiger partial charge is 0.481 e. The second-order valence-electron chi connectivity index (χ2n) is 3.27. The Hall–Kier alpha value is -0.830. The molecule has 0 aromatic rings. The minimum Gasteiger partial charge on any atom is -0.481 e. The number of fused-ring (bicyclic) bond motifs is 2. The molecule has 3 heteroatoms. The fourth-order valence-corrected chi connectivity index (χ4v) is 1.72. The quantitative estimate of drug-likeness (QED) is 0.568. The van der Waals surface area contributed by atoms with E-state index >= 15 is 0 Å². The molecule has 0 spiro atoms. The third-order valence-electron chi connectivity index (χ3n) is 2.48. The summed E-state index contributed by atoms with van der Waals surface area (Å²) in [5.74, 6) is -0.718. The minimum atomic E-state index is -0.718. The standard InChI is InChI=1S/C8H10O3/c9-7(10)8-3-1-2-6(4-8)11-5-8/h1-2,6H,3-5H2,(H,9,10). The summed E-state index contributed by atoms with van der Waals surface area (Å²) < 4.78 is 5.27. The van der Waals surface area contributed by atoms with Gasteiger partial charge in [-0.15, -0.1) is 0 Å². The molecule has 1 heterocycles. The first-order valence-corrected chi connectivity index (χ1v) is 3.75. The zero-order valence-corrected chi connectivity index (χ0v) is 6.12. The van der Waals surface area contributed by atoms with Gasteiger partial charge in [0.25, 0.3) is 0 Å². The predicted molar refractivity (Wildman–Crippen MR) is 38.2 cm³/mol. The van der Waals surface area contributed by atoms with E-state index in [0.29, 0.717) is 19.4 Å². The highest BCUT2D eigenvalue weighted by Gasteiger charge is 2.46. The van der Waals surface area contributed by atoms with Gasteiger partial charge in [-0.2, -0.15) is 0 Å². The van der Waals surface area contributed by atoms with Crippen molar-refractivity contribution in [3.05, 3.63) is 12.2 Å². The van der Waals surface area contributed by atoms with Gasteiger partial charge in [-0.3, -0.25) is 4.79 Å². The van der Waals surface area contributed by atoms with Crippen LogP contribution >= 0.6 is 0 Å². The summed E-state index contributed by atoms with van der Waals surface area (Å²) in [6.07, 6.45) is 5.20. The van der Waals surface area contributed by atoms with Gasteiger partial charge in [-0.25, -0.2) is 0 Å². The lowest BCUT2D eigenvalue weighted by Crippen LogP contribution is -2.32. The molecular weight excluding hydrogens is 144 g/mol. The van der Waals surface area contributed by atoms with Crippen LogP contribution in [-0.4, -0.2) is 23.8 Å². The summed E-state index contributed by atoms with van der Waals surface area (Å²) in [6.45, 7) is 0.375. The Labute approximate surface area is 64.7 Å². The van der Waals surface area contributed by atoms with E-state index in [9.17, 15) is 4.79 Å². The molecule has 3 nitrogen and oxygen atoms in total. The van der Waals surface area contributed by atoms with Gasteiger partial charge < -0.3 is 9.84 Å². The van der Waals surface area contributed by atoms with E-state index < -0.39 is 11.4 Å². The lowest BCUT2D eigenvalue weighted by Gasteiger charge is -2.22. The van der Waals surface area contributed by atoms with Crippen molar-refractivity contribution in [1.82, 2.24) is 0 Å². The SMILES string of the molecule is O=C(O)C12CC=CC(C1)OC2. The van der Waals surface area contributed by atoms with E-state index in [1.54, 1.807) is 0 Å². The molecular formula is C8H10O3. The zero-order valence-electron chi connectivity index (χ0n) is 6.12. The lowest BCUT2D eigenvalue weighted by molar-refractivity contribution is -0.148. The molecule has 1 N–H and O–H groups in total. The van der Waals surface area contributed by atoms with Crippen molar-refractivity contribution >= 4 is 5.97 Å². The lowest BCUT2D eigenvalue weighted by atomic mass is 9.79. The Bertz CT molecular complexity index is 221. The van der Waals surface area contributed by atoms with E-state index in [2.05, 4.69) is 0 Å². The van der Waals surface area contributed by atoms with Crippen LogP contribution in [-0.2, 0) is 9.53 Å². The maximum atomic E-state index is 10.8. The monoisotopic (exact) mass is 154 g/mol. The van der Waals surface area contributed by atoms with Crippen LogP contribution in [0.5, 0.6) is 0 Å². The van der Waals surface area contributed by atoms with Crippen molar-refractivity contribution in [1.29, 1.82) is 0 Å².